The molecule has 0 fully saturated rings. The Bertz CT molecular complexity index is 675. The summed E-state index contributed by atoms with van der Waals surface area (Å²) in [5.41, 5.74) is 0. The fourth-order valence-corrected chi connectivity index (χ4v) is 2.85. The van der Waals surface area contributed by atoms with Crippen molar-refractivity contribution in [3.63, 3.8) is 0 Å². The molecule has 0 aliphatic rings. The van der Waals surface area contributed by atoms with Gasteiger partial charge < -0.3 is 14.4 Å². The highest BCUT2D eigenvalue weighted by atomic mass is 32.2. The van der Waals surface area contributed by atoms with E-state index in [2.05, 4.69) is 0 Å². The van der Waals surface area contributed by atoms with Gasteiger partial charge in [0.15, 0.2) is 5.76 Å². The highest BCUT2D eigenvalue weighted by Gasteiger charge is 2.29. The molecule has 1 heterocycles. The first-order chi connectivity index (χ1) is 9.98. The van der Waals surface area contributed by atoms with Crippen molar-refractivity contribution in [2.75, 3.05) is 20.6 Å². The molecule has 0 saturated heterocycles. The van der Waals surface area contributed by atoms with Crippen molar-refractivity contribution in [3.05, 3.63) is 17.6 Å². The molecule has 0 atom stereocenters. The number of sulfonamides is 1. The van der Waals surface area contributed by atoms with E-state index in [4.69, 9.17) is 9.52 Å². The van der Waals surface area contributed by atoms with E-state index in [1.165, 1.54) is 21.0 Å². The van der Waals surface area contributed by atoms with E-state index in [1.807, 2.05) is 0 Å². The molecule has 0 spiro atoms. The summed E-state index contributed by atoms with van der Waals surface area (Å²) in [7, 11) is -0.998. The Labute approximate surface area is 129 Å². The van der Waals surface area contributed by atoms with Crippen molar-refractivity contribution < 1.29 is 27.5 Å². The lowest BCUT2D eigenvalue weighted by Gasteiger charge is -2.23. The number of carbonyl (C=O) groups is 2. The van der Waals surface area contributed by atoms with Crippen molar-refractivity contribution in [2.45, 2.75) is 31.7 Å². The Hall–Kier alpha value is -1.87. The maximum atomic E-state index is 12.3. The highest BCUT2D eigenvalue weighted by Crippen LogP contribution is 2.23. The Balaban J connectivity index is 3.23. The summed E-state index contributed by atoms with van der Waals surface area (Å²) in [4.78, 5) is 24.2. The highest BCUT2D eigenvalue weighted by molar-refractivity contribution is 7.89. The van der Waals surface area contributed by atoms with Crippen molar-refractivity contribution >= 4 is 21.9 Å². The van der Waals surface area contributed by atoms with Crippen LogP contribution in [0.15, 0.2) is 15.4 Å². The molecule has 1 aromatic rings. The molecule has 1 aromatic heterocycles. The van der Waals surface area contributed by atoms with Crippen LogP contribution in [-0.4, -0.2) is 61.3 Å². The summed E-state index contributed by atoms with van der Waals surface area (Å²) in [6, 6.07) is 0.757. The zero-order valence-corrected chi connectivity index (χ0v) is 14.0. The number of rotatable bonds is 6. The minimum Gasteiger partial charge on any atom is -0.480 e. The fraction of sp³-hybridized carbons (Fsp3) is 0.538. The van der Waals surface area contributed by atoms with Gasteiger partial charge in [0.25, 0.3) is 5.91 Å². The molecule has 0 aliphatic carbocycles. The van der Waals surface area contributed by atoms with Gasteiger partial charge in [0.2, 0.25) is 10.0 Å². The van der Waals surface area contributed by atoms with Gasteiger partial charge in [0, 0.05) is 26.2 Å². The number of furan rings is 1. The number of hydrogen-bond acceptors (Lipinski definition) is 5. The van der Waals surface area contributed by atoms with Crippen LogP contribution in [0, 0.1) is 6.92 Å². The van der Waals surface area contributed by atoms with Gasteiger partial charge in [-0.3, -0.25) is 9.59 Å². The number of amides is 1. The molecule has 8 nitrogen and oxygen atoms in total. The fourth-order valence-electron chi connectivity index (χ4n) is 1.80. The summed E-state index contributed by atoms with van der Waals surface area (Å²) in [6.45, 7) is 4.26. The van der Waals surface area contributed by atoms with E-state index in [0.29, 0.717) is 0 Å². The van der Waals surface area contributed by atoms with Gasteiger partial charge in [-0.05, 0) is 20.8 Å². The second-order valence-corrected chi connectivity index (χ2v) is 7.36. The van der Waals surface area contributed by atoms with Gasteiger partial charge in [-0.2, -0.15) is 0 Å². The van der Waals surface area contributed by atoms with E-state index < -0.39 is 28.4 Å². The molecular formula is C13H20N2O6S. The van der Waals surface area contributed by atoms with E-state index in [0.717, 1.165) is 15.3 Å². The molecule has 0 aliphatic heterocycles. The molecule has 1 amide bonds. The van der Waals surface area contributed by atoms with E-state index >= 15 is 0 Å². The molecule has 0 radical (unpaired) electrons. The molecule has 0 saturated carbocycles. The molecule has 0 unspecified atom stereocenters. The number of hydrogen-bond donors (Lipinski definition) is 1. The number of aliphatic carboxylic acids is 1. The summed E-state index contributed by atoms with van der Waals surface area (Å²) >= 11 is 0. The molecule has 0 aromatic carbocycles. The Morgan fingerprint density at radius 2 is 1.86 bits per heavy atom. The molecule has 0 bridgehead atoms. The van der Waals surface area contributed by atoms with E-state index in [9.17, 15) is 18.0 Å². The third kappa shape index (κ3) is 3.66. The van der Waals surface area contributed by atoms with Gasteiger partial charge in [-0.25, -0.2) is 12.7 Å². The van der Waals surface area contributed by atoms with Gasteiger partial charge in [-0.15, -0.1) is 0 Å². The van der Waals surface area contributed by atoms with Crippen molar-refractivity contribution in [1.29, 1.82) is 0 Å². The van der Waals surface area contributed by atoms with Crippen molar-refractivity contribution in [1.82, 2.24) is 9.21 Å². The molecular weight excluding hydrogens is 312 g/mol. The Morgan fingerprint density at radius 1 is 1.32 bits per heavy atom. The lowest BCUT2D eigenvalue weighted by molar-refractivity contribution is -0.138. The van der Waals surface area contributed by atoms with Gasteiger partial charge >= 0.3 is 5.97 Å². The summed E-state index contributed by atoms with van der Waals surface area (Å²) < 4.78 is 30.5. The SMILES string of the molecule is Cc1oc(C(=O)N(CC(=O)O)C(C)C)cc1S(=O)(=O)N(C)C. The number of carboxylic acid groups (broad SMARTS) is 1. The first-order valence-electron chi connectivity index (χ1n) is 6.54. The van der Waals surface area contributed by atoms with Crippen LogP contribution in [0.5, 0.6) is 0 Å². The second kappa shape index (κ2) is 6.49. The Kier molecular flexibility index (Phi) is 5.36. The summed E-state index contributed by atoms with van der Waals surface area (Å²) in [5, 5.41) is 8.86. The van der Waals surface area contributed by atoms with Crippen LogP contribution in [0.3, 0.4) is 0 Å². The molecule has 22 heavy (non-hydrogen) atoms. The first-order valence-corrected chi connectivity index (χ1v) is 7.98. The average molecular weight is 332 g/mol. The standard InChI is InChI=1S/C13H20N2O6S/c1-8(2)15(7-12(16)17)13(18)10-6-11(9(3)21-10)22(19,20)14(4)5/h6,8H,7H2,1-5H3,(H,16,17). The van der Waals surface area contributed by atoms with Crippen LogP contribution in [0.1, 0.15) is 30.2 Å². The predicted octanol–water partition coefficient (Wildman–Crippen LogP) is 0.774. The van der Waals surface area contributed by atoms with E-state index in [-0.39, 0.29) is 22.5 Å². The third-order valence-electron chi connectivity index (χ3n) is 3.03. The number of nitrogens with zero attached hydrogens (tertiary/aromatic N) is 2. The van der Waals surface area contributed by atoms with Crippen LogP contribution < -0.4 is 0 Å². The van der Waals surface area contributed by atoms with Crippen LogP contribution in [-0.2, 0) is 14.8 Å². The zero-order valence-electron chi connectivity index (χ0n) is 13.2. The van der Waals surface area contributed by atoms with Crippen LogP contribution in [0.4, 0.5) is 0 Å². The molecule has 124 valence electrons. The third-order valence-corrected chi connectivity index (χ3v) is 4.95. The smallest absolute Gasteiger partial charge is 0.323 e. The first kappa shape index (κ1) is 18.2. The van der Waals surface area contributed by atoms with E-state index in [1.54, 1.807) is 13.8 Å². The van der Waals surface area contributed by atoms with Crippen LogP contribution in [0.25, 0.3) is 0 Å². The summed E-state index contributed by atoms with van der Waals surface area (Å²) in [5.74, 6) is -1.95. The monoisotopic (exact) mass is 332 g/mol. The van der Waals surface area contributed by atoms with Crippen LogP contribution in [0.2, 0.25) is 0 Å². The van der Waals surface area contributed by atoms with Gasteiger partial charge in [0.05, 0.1) is 0 Å². The van der Waals surface area contributed by atoms with Gasteiger partial charge in [-0.1, -0.05) is 0 Å². The normalized spacial score (nSPS) is 12.0. The number of aryl methyl sites for hydroxylation is 1. The largest absolute Gasteiger partial charge is 0.480 e. The number of carboxylic acids is 1. The summed E-state index contributed by atoms with van der Waals surface area (Å²) in [6.07, 6.45) is 0. The molecule has 1 N–H and O–H groups in total. The zero-order chi connectivity index (χ0) is 17.2. The van der Waals surface area contributed by atoms with Gasteiger partial charge in [0.1, 0.15) is 17.2 Å². The minimum absolute atomic E-state index is 0.0797. The van der Waals surface area contributed by atoms with Crippen molar-refractivity contribution in [2.24, 2.45) is 0 Å². The quantitative estimate of drug-likeness (QED) is 0.824. The predicted molar refractivity (Wildman–Crippen MR) is 78.1 cm³/mol. The second-order valence-electron chi connectivity index (χ2n) is 5.24. The average Bonchev–Trinajstić information content (AvgIpc) is 2.77. The Morgan fingerprint density at radius 3 is 2.27 bits per heavy atom. The maximum Gasteiger partial charge on any atom is 0.323 e. The van der Waals surface area contributed by atoms with Crippen LogP contribution >= 0.6 is 0 Å². The number of carbonyl (C=O) groups excluding carboxylic acids is 1. The maximum absolute atomic E-state index is 12.3. The lowest BCUT2D eigenvalue weighted by atomic mass is 10.2. The van der Waals surface area contributed by atoms with Crippen molar-refractivity contribution in [3.8, 4) is 0 Å². The topological polar surface area (TPSA) is 108 Å². The minimum atomic E-state index is -3.74. The lowest BCUT2D eigenvalue weighted by Crippen LogP contribution is -2.40. The molecule has 1 rings (SSSR count). The molecule has 9 heteroatoms.